The largest absolute Gasteiger partial charge is 0.322 e. The lowest BCUT2D eigenvalue weighted by molar-refractivity contribution is 0.102. The molecule has 0 aromatic heterocycles. The Morgan fingerprint density at radius 2 is 1.57 bits per heavy atom. The number of rotatable bonds is 6. The molecule has 3 aromatic carbocycles. The molecule has 6 heteroatoms. The molecule has 0 unspecified atom stereocenters. The van der Waals surface area contributed by atoms with Gasteiger partial charge in [0.25, 0.3) is 5.91 Å². The fourth-order valence-electron chi connectivity index (χ4n) is 3.27. The van der Waals surface area contributed by atoms with Gasteiger partial charge in [0, 0.05) is 11.3 Å². The van der Waals surface area contributed by atoms with E-state index in [-0.39, 0.29) is 12.5 Å². The highest BCUT2D eigenvalue weighted by Crippen LogP contribution is 2.23. The number of hydrogen-bond donors (Lipinski definition) is 1. The number of hydrogen-bond acceptors (Lipinski definition) is 3. The maximum atomic E-state index is 12.6. The van der Waals surface area contributed by atoms with Crippen molar-refractivity contribution in [3.8, 4) is 0 Å². The summed E-state index contributed by atoms with van der Waals surface area (Å²) in [5.41, 5.74) is 5.81. The summed E-state index contributed by atoms with van der Waals surface area (Å²) in [5.74, 6) is -0.238. The van der Waals surface area contributed by atoms with Crippen molar-refractivity contribution in [1.82, 2.24) is 0 Å². The van der Waals surface area contributed by atoms with Crippen LogP contribution in [0.2, 0.25) is 0 Å². The Morgan fingerprint density at radius 1 is 0.900 bits per heavy atom. The minimum atomic E-state index is -3.49. The topological polar surface area (TPSA) is 66.5 Å². The van der Waals surface area contributed by atoms with Crippen LogP contribution in [0.5, 0.6) is 0 Å². The number of sulfonamides is 1. The first kappa shape index (κ1) is 21.6. The van der Waals surface area contributed by atoms with Crippen LogP contribution in [0.4, 0.5) is 11.4 Å². The van der Waals surface area contributed by atoms with Gasteiger partial charge in [-0.25, -0.2) is 8.42 Å². The van der Waals surface area contributed by atoms with Crippen LogP contribution in [0.25, 0.3) is 0 Å². The van der Waals surface area contributed by atoms with E-state index >= 15 is 0 Å². The van der Waals surface area contributed by atoms with Crippen molar-refractivity contribution in [1.29, 1.82) is 0 Å². The summed E-state index contributed by atoms with van der Waals surface area (Å²) in [6.45, 7) is 6.14. The van der Waals surface area contributed by atoms with Gasteiger partial charge in [-0.15, -0.1) is 0 Å². The molecule has 0 fully saturated rings. The van der Waals surface area contributed by atoms with Crippen molar-refractivity contribution in [3.05, 3.63) is 94.5 Å². The van der Waals surface area contributed by atoms with Crippen LogP contribution >= 0.6 is 0 Å². The molecule has 0 aliphatic rings. The molecule has 0 bridgehead atoms. The average molecular weight is 423 g/mol. The highest BCUT2D eigenvalue weighted by molar-refractivity contribution is 7.92. The fourth-order valence-corrected chi connectivity index (χ4v) is 4.15. The molecule has 3 aromatic rings. The second kappa shape index (κ2) is 8.71. The molecule has 5 nitrogen and oxygen atoms in total. The number of benzene rings is 3. The Balaban J connectivity index is 1.83. The van der Waals surface area contributed by atoms with Crippen molar-refractivity contribution in [2.75, 3.05) is 15.9 Å². The Morgan fingerprint density at radius 3 is 2.17 bits per heavy atom. The summed E-state index contributed by atoms with van der Waals surface area (Å²) < 4.78 is 26.2. The van der Waals surface area contributed by atoms with Crippen molar-refractivity contribution >= 4 is 27.3 Å². The van der Waals surface area contributed by atoms with Gasteiger partial charge in [0.05, 0.1) is 18.5 Å². The zero-order chi connectivity index (χ0) is 21.9. The molecule has 0 aliphatic heterocycles. The van der Waals surface area contributed by atoms with Gasteiger partial charge in [-0.1, -0.05) is 42.0 Å². The number of nitrogens with zero attached hydrogens (tertiary/aromatic N) is 1. The van der Waals surface area contributed by atoms with E-state index < -0.39 is 10.0 Å². The molecular weight excluding hydrogens is 396 g/mol. The van der Waals surface area contributed by atoms with Crippen LogP contribution < -0.4 is 9.62 Å². The quantitative estimate of drug-likeness (QED) is 0.619. The predicted molar refractivity (Wildman–Crippen MR) is 123 cm³/mol. The summed E-state index contributed by atoms with van der Waals surface area (Å²) in [7, 11) is -3.49. The molecule has 1 amide bonds. The minimum absolute atomic E-state index is 0.236. The van der Waals surface area contributed by atoms with E-state index in [1.807, 2.05) is 63.2 Å². The second-order valence-corrected chi connectivity index (χ2v) is 9.42. The van der Waals surface area contributed by atoms with E-state index in [2.05, 4.69) is 5.32 Å². The molecule has 0 saturated carbocycles. The predicted octanol–water partition coefficient (Wildman–Crippen LogP) is 4.83. The molecule has 0 atom stereocenters. The Bertz CT molecular complexity index is 1170. The van der Waals surface area contributed by atoms with Gasteiger partial charge >= 0.3 is 0 Å². The van der Waals surface area contributed by atoms with Gasteiger partial charge in [-0.05, 0) is 67.8 Å². The molecule has 0 heterocycles. The first-order valence-electron chi connectivity index (χ1n) is 9.66. The number of aryl methyl sites for hydroxylation is 3. The second-order valence-electron chi connectivity index (χ2n) is 7.52. The number of carbonyl (C=O) groups excluding carboxylic acids is 1. The SMILES string of the molecule is Cc1ccc(NC(=O)c2ccc(N(Cc3ccccc3C)S(C)(=O)=O)cc2)c(C)c1. The number of carbonyl (C=O) groups is 1. The monoisotopic (exact) mass is 422 g/mol. The Hall–Kier alpha value is -3.12. The van der Waals surface area contributed by atoms with Crippen molar-refractivity contribution in [3.63, 3.8) is 0 Å². The normalized spacial score (nSPS) is 11.2. The Kier molecular flexibility index (Phi) is 6.27. The first-order chi connectivity index (χ1) is 14.1. The minimum Gasteiger partial charge on any atom is -0.322 e. The number of amides is 1. The summed E-state index contributed by atoms with van der Waals surface area (Å²) in [6.07, 6.45) is 1.19. The molecule has 0 spiro atoms. The standard InChI is InChI=1S/C24H26N2O3S/c1-17-9-14-23(19(3)15-17)25-24(27)20-10-12-22(13-11-20)26(30(4,28)29)16-21-8-6-5-7-18(21)2/h5-15H,16H2,1-4H3,(H,25,27). The lowest BCUT2D eigenvalue weighted by Gasteiger charge is -2.23. The molecule has 3 rings (SSSR count). The van der Waals surface area contributed by atoms with Crippen LogP contribution in [0.3, 0.4) is 0 Å². The van der Waals surface area contributed by atoms with E-state index in [9.17, 15) is 13.2 Å². The first-order valence-corrected chi connectivity index (χ1v) is 11.5. The number of anilines is 2. The Labute approximate surface area is 178 Å². The van der Waals surface area contributed by atoms with E-state index in [0.717, 1.165) is 27.9 Å². The summed E-state index contributed by atoms with van der Waals surface area (Å²) in [5, 5.41) is 2.91. The summed E-state index contributed by atoms with van der Waals surface area (Å²) in [6, 6.07) is 20.1. The zero-order valence-electron chi connectivity index (χ0n) is 17.6. The summed E-state index contributed by atoms with van der Waals surface area (Å²) >= 11 is 0. The van der Waals surface area contributed by atoms with Gasteiger partial charge in [-0.2, -0.15) is 0 Å². The van der Waals surface area contributed by atoms with Gasteiger partial charge in [-0.3, -0.25) is 9.10 Å². The lowest BCUT2D eigenvalue weighted by atomic mass is 10.1. The van der Waals surface area contributed by atoms with Crippen LogP contribution in [0.15, 0.2) is 66.7 Å². The third kappa shape index (κ3) is 5.07. The molecule has 0 radical (unpaired) electrons. The van der Waals surface area contributed by atoms with E-state index in [1.165, 1.54) is 10.6 Å². The smallest absolute Gasteiger partial charge is 0.255 e. The maximum absolute atomic E-state index is 12.6. The van der Waals surface area contributed by atoms with Gasteiger partial charge in [0.2, 0.25) is 10.0 Å². The van der Waals surface area contributed by atoms with Gasteiger partial charge in [0.15, 0.2) is 0 Å². The molecule has 0 aliphatic carbocycles. The molecule has 0 saturated heterocycles. The zero-order valence-corrected chi connectivity index (χ0v) is 18.5. The van der Waals surface area contributed by atoms with E-state index in [0.29, 0.717) is 11.3 Å². The van der Waals surface area contributed by atoms with Gasteiger partial charge < -0.3 is 5.32 Å². The summed E-state index contributed by atoms with van der Waals surface area (Å²) in [4.78, 5) is 12.6. The van der Waals surface area contributed by atoms with E-state index in [4.69, 9.17) is 0 Å². The molecule has 1 N–H and O–H groups in total. The van der Waals surface area contributed by atoms with Crippen LogP contribution in [-0.4, -0.2) is 20.6 Å². The molecule has 30 heavy (non-hydrogen) atoms. The third-order valence-electron chi connectivity index (χ3n) is 5.02. The van der Waals surface area contributed by atoms with E-state index in [1.54, 1.807) is 24.3 Å². The molecular formula is C24H26N2O3S. The van der Waals surface area contributed by atoms with Crippen LogP contribution in [0.1, 0.15) is 32.6 Å². The van der Waals surface area contributed by atoms with Crippen LogP contribution in [-0.2, 0) is 16.6 Å². The molecule has 156 valence electrons. The fraction of sp³-hybridized carbons (Fsp3) is 0.208. The van der Waals surface area contributed by atoms with Crippen LogP contribution in [0, 0.1) is 20.8 Å². The van der Waals surface area contributed by atoms with Crippen molar-refractivity contribution < 1.29 is 13.2 Å². The maximum Gasteiger partial charge on any atom is 0.255 e. The van der Waals surface area contributed by atoms with Crippen molar-refractivity contribution in [2.24, 2.45) is 0 Å². The van der Waals surface area contributed by atoms with Gasteiger partial charge in [0.1, 0.15) is 0 Å². The average Bonchev–Trinajstić information content (AvgIpc) is 2.68. The lowest BCUT2D eigenvalue weighted by Crippen LogP contribution is -2.29. The highest BCUT2D eigenvalue weighted by Gasteiger charge is 2.19. The third-order valence-corrected chi connectivity index (χ3v) is 6.16. The highest BCUT2D eigenvalue weighted by atomic mass is 32.2. The number of nitrogens with one attached hydrogen (secondary N) is 1. The van der Waals surface area contributed by atoms with Crippen molar-refractivity contribution in [2.45, 2.75) is 27.3 Å².